The fraction of sp³-hybridized carbons (Fsp3) is 0.500. The molecule has 0 amide bonds. The summed E-state index contributed by atoms with van der Waals surface area (Å²) in [5.74, 6) is 0.149. The van der Waals surface area contributed by atoms with Gasteiger partial charge < -0.3 is 9.84 Å². The first-order valence-corrected chi connectivity index (χ1v) is 6.32. The Morgan fingerprint density at radius 2 is 2.17 bits per heavy atom. The number of ether oxygens (including phenoxy) is 1. The lowest BCUT2D eigenvalue weighted by Gasteiger charge is -2.27. The summed E-state index contributed by atoms with van der Waals surface area (Å²) < 4.78 is 5.98. The average molecular weight is 318 g/mol. The molecule has 0 aliphatic carbocycles. The number of nitro groups is 1. The highest BCUT2D eigenvalue weighted by atomic mass is 79.9. The minimum Gasteiger partial charge on any atom is -0.484 e. The van der Waals surface area contributed by atoms with E-state index in [0.29, 0.717) is 4.47 Å². The van der Waals surface area contributed by atoms with E-state index in [4.69, 9.17) is 4.74 Å². The summed E-state index contributed by atoms with van der Waals surface area (Å²) in [7, 11) is 0. The second-order valence-corrected chi connectivity index (χ2v) is 5.59. The van der Waals surface area contributed by atoms with Crippen molar-refractivity contribution in [1.29, 1.82) is 0 Å². The van der Waals surface area contributed by atoms with Gasteiger partial charge in [-0.3, -0.25) is 10.1 Å². The molecule has 0 aliphatic heterocycles. The van der Waals surface area contributed by atoms with Crippen molar-refractivity contribution in [1.82, 2.24) is 0 Å². The van der Waals surface area contributed by atoms with E-state index in [1.54, 1.807) is 13.0 Å². The van der Waals surface area contributed by atoms with Crippen LogP contribution in [0.25, 0.3) is 0 Å². The zero-order chi connectivity index (χ0) is 13.9. The summed E-state index contributed by atoms with van der Waals surface area (Å²) in [6.45, 7) is 5.37. The molecule has 1 aromatic carbocycles. The van der Waals surface area contributed by atoms with Crippen LogP contribution in [0.4, 0.5) is 5.69 Å². The molecule has 6 heteroatoms. The normalized spacial score (nSPS) is 14.3. The molecule has 1 aromatic rings. The van der Waals surface area contributed by atoms with E-state index in [1.165, 1.54) is 12.1 Å². The lowest BCUT2D eigenvalue weighted by Crippen LogP contribution is -2.37. The van der Waals surface area contributed by atoms with Gasteiger partial charge in [-0.25, -0.2) is 0 Å². The Kier molecular flexibility index (Phi) is 4.70. The van der Waals surface area contributed by atoms with E-state index in [-0.39, 0.29) is 24.0 Å². The van der Waals surface area contributed by atoms with Gasteiger partial charge in [0.05, 0.1) is 10.5 Å². The minimum atomic E-state index is -1.03. The van der Waals surface area contributed by atoms with E-state index in [2.05, 4.69) is 15.9 Å². The van der Waals surface area contributed by atoms with Crippen LogP contribution in [0.1, 0.15) is 20.8 Å². The van der Waals surface area contributed by atoms with Gasteiger partial charge in [0.25, 0.3) is 0 Å². The fourth-order valence-electron chi connectivity index (χ4n) is 1.15. The van der Waals surface area contributed by atoms with Crippen LogP contribution in [-0.4, -0.2) is 22.2 Å². The Morgan fingerprint density at radius 3 is 2.67 bits per heavy atom. The fourth-order valence-corrected chi connectivity index (χ4v) is 1.49. The maximum atomic E-state index is 10.9. The highest BCUT2D eigenvalue weighted by Gasteiger charge is 2.27. The second-order valence-electron chi connectivity index (χ2n) is 4.67. The second kappa shape index (κ2) is 5.67. The van der Waals surface area contributed by atoms with Gasteiger partial charge in [0, 0.05) is 10.5 Å². The third kappa shape index (κ3) is 3.68. The lowest BCUT2D eigenvalue weighted by atomic mass is 9.94. The number of nitro benzene ring substituents is 1. The standard InChI is InChI=1S/C12H16BrNO4/c1-8(2)12(3,15)7-18-11-5-4-9(13)6-10(11)14(16)17/h4-6,8,15H,7H2,1-3H3. The van der Waals surface area contributed by atoms with Crippen molar-refractivity contribution in [3.63, 3.8) is 0 Å². The van der Waals surface area contributed by atoms with Crippen molar-refractivity contribution < 1.29 is 14.8 Å². The lowest BCUT2D eigenvalue weighted by molar-refractivity contribution is -0.386. The van der Waals surface area contributed by atoms with Gasteiger partial charge in [0.2, 0.25) is 0 Å². The molecule has 0 saturated carbocycles. The molecule has 0 bridgehead atoms. The van der Waals surface area contributed by atoms with Gasteiger partial charge in [0.1, 0.15) is 6.61 Å². The highest BCUT2D eigenvalue weighted by molar-refractivity contribution is 9.10. The summed E-state index contributed by atoms with van der Waals surface area (Å²) in [4.78, 5) is 10.4. The van der Waals surface area contributed by atoms with Crippen LogP contribution < -0.4 is 4.74 Å². The largest absolute Gasteiger partial charge is 0.484 e. The first kappa shape index (κ1) is 14.9. The molecule has 1 N–H and O–H groups in total. The topological polar surface area (TPSA) is 72.6 Å². The Labute approximate surface area is 114 Å². The van der Waals surface area contributed by atoms with Crippen LogP contribution in [0.3, 0.4) is 0 Å². The number of hydrogen-bond acceptors (Lipinski definition) is 4. The van der Waals surface area contributed by atoms with Crippen LogP contribution in [0.15, 0.2) is 22.7 Å². The summed E-state index contributed by atoms with van der Waals surface area (Å²) >= 11 is 3.17. The zero-order valence-electron chi connectivity index (χ0n) is 10.5. The molecule has 1 rings (SSSR count). The molecular weight excluding hydrogens is 302 g/mol. The molecule has 0 fully saturated rings. The first-order valence-electron chi connectivity index (χ1n) is 5.53. The molecule has 0 aromatic heterocycles. The third-order valence-electron chi connectivity index (χ3n) is 2.88. The maximum absolute atomic E-state index is 10.9. The number of hydrogen-bond donors (Lipinski definition) is 1. The van der Waals surface area contributed by atoms with Crippen LogP contribution >= 0.6 is 15.9 Å². The molecule has 1 atom stereocenters. The summed E-state index contributed by atoms with van der Waals surface area (Å²) in [5, 5.41) is 20.9. The maximum Gasteiger partial charge on any atom is 0.312 e. The molecule has 18 heavy (non-hydrogen) atoms. The number of aliphatic hydroxyl groups is 1. The van der Waals surface area contributed by atoms with Gasteiger partial charge in [-0.1, -0.05) is 29.8 Å². The monoisotopic (exact) mass is 317 g/mol. The van der Waals surface area contributed by atoms with E-state index in [1.807, 2.05) is 13.8 Å². The zero-order valence-corrected chi connectivity index (χ0v) is 12.1. The molecule has 0 saturated heterocycles. The van der Waals surface area contributed by atoms with Crippen LogP contribution in [0.2, 0.25) is 0 Å². The number of halogens is 1. The van der Waals surface area contributed by atoms with E-state index < -0.39 is 10.5 Å². The number of nitrogens with zero attached hydrogens (tertiary/aromatic N) is 1. The van der Waals surface area contributed by atoms with Crippen molar-refractivity contribution in [3.05, 3.63) is 32.8 Å². The predicted octanol–water partition coefficient (Wildman–Crippen LogP) is 3.14. The molecular formula is C12H16BrNO4. The van der Waals surface area contributed by atoms with Gasteiger partial charge >= 0.3 is 5.69 Å². The molecule has 5 nitrogen and oxygen atoms in total. The molecule has 1 unspecified atom stereocenters. The van der Waals surface area contributed by atoms with Gasteiger partial charge in [-0.2, -0.15) is 0 Å². The Bertz CT molecular complexity index is 446. The van der Waals surface area contributed by atoms with Crippen LogP contribution in [0.5, 0.6) is 5.75 Å². The molecule has 0 spiro atoms. The van der Waals surface area contributed by atoms with Gasteiger partial charge in [0.15, 0.2) is 5.75 Å². The Hall–Kier alpha value is -1.14. The summed E-state index contributed by atoms with van der Waals surface area (Å²) in [6, 6.07) is 4.55. The Morgan fingerprint density at radius 1 is 1.56 bits per heavy atom. The smallest absolute Gasteiger partial charge is 0.312 e. The van der Waals surface area contributed by atoms with E-state index >= 15 is 0 Å². The molecule has 0 heterocycles. The summed E-state index contributed by atoms with van der Waals surface area (Å²) in [5.41, 5.74) is -1.15. The van der Waals surface area contributed by atoms with Crippen molar-refractivity contribution >= 4 is 21.6 Å². The Balaban J connectivity index is 2.89. The minimum absolute atomic E-state index is 0.00708. The molecule has 0 aliphatic rings. The highest BCUT2D eigenvalue weighted by Crippen LogP contribution is 2.31. The number of rotatable bonds is 5. The number of benzene rings is 1. The average Bonchev–Trinajstić information content (AvgIpc) is 2.27. The first-order chi connectivity index (χ1) is 8.24. The molecule has 0 radical (unpaired) electrons. The van der Waals surface area contributed by atoms with Gasteiger partial charge in [-0.15, -0.1) is 0 Å². The SMILES string of the molecule is CC(C)C(C)(O)COc1ccc(Br)cc1[N+](=O)[O-]. The quantitative estimate of drug-likeness (QED) is 0.668. The predicted molar refractivity (Wildman–Crippen MR) is 71.8 cm³/mol. The van der Waals surface area contributed by atoms with Crippen molar-refractivity contribution in [2.24, 2.45) is 5.92 Å². The van der Waals surface area contributed by atoms with Crippen molar-refractivity contribution in [2.75, 3.05) is 6.61 Å². The van der Waals surface area contributed by atoms with E-state index in [9.17, 15) is 15.2 Å². The third-order valence-corrected chi connectivity index (χ3v) is 3.37. The summed E-state index contributed by atoms with van der Waals surface area (Å²) in [6.07, 6.45) is 0. The van der Waals surface area contributed by atoms with Crippen LogP contribution in [-0.2, 0) is 0 Å². The van der Waals surface area contributed by atoms with Crippen molar-refractivity contribution in [3.8, 4) is 5.75 Å². The van der Waals surface area contributed by atoms with Gasteiger partial charge in [-0.05, 0) is 25.0 Å². The molecule has 100 valence electrons. The van der Waals surface area contributed by atoms with Crippen molar-refractivity contribution in [2.45, 2.75) is 26.4 Å². The van der Waals surface area contributed by atoms with Crippen LogP contribution in [0, 0.1) is 16.0 Å². The van der Waals surface area contributed by atoms with E-state index in [0.717, 1.165) is 0 Å².